The molecule has 0 aromatic rings. The molecule has 3 fully saturated rings. The van der Waals surface area contributed by atoms with Gasteiger partial charge in [-0.3, -0.25) is 0 Å². The van der Waals surface area contributed by atoms with Crippen LogP contribution in [0, 0.1) is 11.3 Å². The lowest BCUT2D eigenvalue weighted by atomic mass is 9.63. The molecule has 0 radical (unpaired) electrons. The Morgan fingerprint density at radius 2 is 1.86 bits per heavy atom. The van der Waals surface area contributed by atoms with Gasteiger partial charge in [-0.25, -0.2) is 0 Å². The molecule has 14 heavy (non-hydrogen) atoms. The third-order valence-electron chi connectivity index (χ3n) is 3.45. The molecule has 3 rings (SSSR count). The average Bonchev–Trinajstić information content (AvgIpc) is 2.18. The van der Waals surface area contributed by atoms with Crippen molar-refractivity contribution in [2.24, 2.45) is 11.3 Å². The molecule has 0 aromatic carbocycles. The van der Waals surface area contributed by atoms with Crippen molar-refractivity contribution in [1.82, 2.24) is 5.32 Å². The number of aliphatic carboxylic acids is 2. The molecule has 2 atom stereocenters. The van der Waals surface area contributed by atoms with Gasteiger partial charge in [0.2, 0.25) is 0 Å². The lowest BCUT2D eigenvalue weighted by Crippen LogP contribution is -2.69. The Hall–Kier alpha value is -1.10. The highest BCUT2D eigenvalue weighted by molar-refractivity contribution is 5.97. The maximum Gasteiger partial charge on any atom is 0.0650 e. The van der Waals surface area contributed by atoms with Crippen LogP contribution in [-0.4, -0.2) is 24.5 Å². The van der Waals surface area contributed by atoms with E-state index in [1.807, 2.05) is 0 Å². The van der Waals surface area contributed by atoms with Crippen molar-refractivity contribution >= 4 is 11.9 Å². The van der Waals surface area contributed by atoms with Crippen LogP contribution in [0.25, 0.3) is 0 Å². The monoisotopic (exact) mass is 197 g/mol. The molecule has 5 heteroatoms. The number of hydrogen-bond donors (Lipinski definition) is 1. The van der Waals surface area contributed by atoms with E-state index in [4.69, 9.17) is 0 Å². The number of rotatable bonds is 2. The maximum absolute atomic E-state index is 10.9. The molecular weight excluding hydrogens is 186 g/mol. The summed E-state index contributed by atoms with van der Waals surface area (Å²) in [7, 11) is 0. The average molecular weight is 197 g/mol. The zero-order chi connectivity index (χ0) is 10.3. The Bertz CT molecular complexity index is 267. The smallest absolute Gasteiger partial charge is 0.0650 e. The van der Waals surface area contributed by atoms with Crippen molar-refractivity contribution in [3.8, 4) is 0 Å². The largest absolute Gasteiger partial charge is 0.549 e. The molecular formula is C9H11NO4-2. The van der Waals surface area contributed by atoms with Crippen molar-refractivity contribution < 1.29 is 19.8 Å². The van der Waals surface area contributed by atoms with E-state index < -0.39 is 23.4 Å². The third-order valence-corrected chi connectivity index (χ3v) is 3.45. The lowest BCUT2D eigenvalue weighted by Gasteiger charge is -2.53. The van der Waals surface area contributed by atoms with Crippen molar-refractivity contribution in [3.63, 3.8) is 0 Å². The second-order valence-electron chi connectivity index (χ2n) is 4.15. The molecule has 1 aliphatic carbocycles. The van der Waals surface area contributed by atoms with Crippen molar-refractivity contribution in [3.05, 3.63) is 0 Å². The second kappa shape index (κ2) is 2.95. The molecule has 2 bridgehead atoms. The summed E-state index contributed by atoms with van der Waals surface area (Å²) in [6.45, 7) is 0.701. The molecule has 2 heterocycles. The Balaban J connectivity index is 2.36. The van der Waals surface area contributed by atoms with Gasteiger partial charge in [-0.1, -0.05) is 0 Å². The molecule has 0 amide bonds. The number of hydrogen-bond acceptors (Lipinski definition) is 5. The minimum Gasteiger partial charge on any atom is -0.549 e. The van der Waals surface area contributed by atoms with Crippen LogP contribution in [0.4, 0.5) is 0 Å². The van der Waals surface area contributed by atoms with E-state index in [2.05, 4.69) is 5.32 Å². The van der Waals surface area contributed by atoms with Gasteiger partial charge in [0.05, 0.1) is 17.4 Å². The Morgan fingerprint density at radius 1 is 1.21 bits per heavy atom. The van der Waals surface area contributed by atoms with Gasteiger partial charge in [-0.2, -0.15) is 0 Å². The Labute approximate surface area is 81.1 Å². The minimum atomic E-state index is -1.80. The molecule has 1 N–H and O–H groups in total. The third kappa shape index (κ3) is 1.05. The van der Waals surface area contributed by atoms with Crippen molar-refractivity contribution in [2.45, 2.75) is 25.3 Å². The summed E-state index contributed by atoms with van der Waals surface area (Å²) in [5, 5.41) is 24.8. The first-order valence-electron chi connectivity index (χ1n) is 4.73. The highest BCUT2D eigenvalue weighted by Crippen LogP contribution is 2.42. The molecule has 2 unspecified atom stereocenters. The normalized spacial score (nSPS) is 34.0. The summed E-state index contributed by atoms with van der Waals surface area (Å²) in [4.78, 5) is 21.9. The van der Waals surface area contributed by atoms with E-state index in [0.29, 0.717) is 13.0 Å². The first-order chi connectivity index (χ1) is 6.57. The van der Waals surface area contributed by atoms with Gasteiger partial charge in [0.15, 0.2) is 0 Å². The van der Waals surface area contributed by atoms with Crippen LogP contribution in [0.5, 0.6) is 0 Å². The number of carbonyl (C=O) groups is 2. The number of carbonyl (C=O) groups excluding carboxylic acids is 2. The molecule has 0 spiro atoms. The number of nitrogens with one attached hydrogen (secondary N) is 1. The standard InChI is InChI=1S/C9H13NO4/c11-7(12)9(8(13)14)3-5-1-2-6(9)10-4-5/h5-6,10H,1-4H2,(H,11,12)(H,13,14)/p-2. The topological polar surface area (TPSA) is 92.3 Å². The Kier molecular flexibility index (Phi) is 1.99. The molecule has 2 saturated heterocycles. The second-order valence-corrected chi connectivity index (χ2v) is 4.15. The SMILES string of the molecule is O=C([O-])C1(C(=O)[O-])CC2CCC1NC2. The zero-order valence-corrected chi connectivity index (χ0v) is 7.62. The Morgan fingerprint density at radius 3 is 2.07 bits per heavy atom. The molecule has 3 aliphatic rings. The van der Waals surface area contributed by atoms with Gasteiger partial charge in [0.1, 0.15) is 0 Å². The van der Waals surface area contributed by atoms with E-state index in [-0.39, 0.29) is 12.3 Å². The minimum absolute atomic E-state index is 0.121. The quantitative estimate of drug-likeness (QED) is 0.484. The van der Waals surface area contributed by atoms with Gasteiger partial charge in [-0.05, 0) is 31.7 Å². The molecule has 1 saturated carbocycles. The summed E-state index contributed by atoms with van der Waals surface area (Å²) in [6.07, 6.45) is 1.61. The number of carboxylic acids is 2. The zero-order valence-electron chi connectivity index (χ0n) is 7.62. The van der Waals surface area contributed by atoms with E-state index in [1.165, 1.54) is 0 Å². The highest BCUT2D eigenvalue weighted by atomic mass is 16.4. The van der Waals surface area contributed by atoms with Crippen LogP contribution < -0.4 is 15.5 Å². The first-order valence-corrected chi connectivity index (χ1v) is 4.73. The van der Waals surface area contributed by atoms with Gasteiger partial charge < -0.3 is 25.1 Å². The number of fused-ring (bicyclic) bond motifs is 3. The highest BCUT2D eigenvalue weighted by Gasteiger charge is 2.49. The van der Waals surface area contributed by atoms with E-state index in [9.17, 15) is 19.8 Å². The van der Waals surface area contributed by atoms with Gasteiger partial charge >= 0.3 is 0 Å². The summed E-state index contributed by atoms with van der Waals surface area (Å²) in [5.74, 6) is -2.91. The van der Waals surface area contributed by atoms with Crippen molar-refractivity contribution in [1.29, 1.82) is 0 Å². The summed E-state index contributed by atoms with van der Waals surface area (Å²) < 4.78 is 0. The van der Waals surface area contributed by atoms with Crippen molar-refractivity contribution in [2.75, 3.05) is 6.54 Å². The predicted octanol–water partition coefficient (Wildman–Crippen LogP) is -2.76. The van der Waals surface area contributed by atoms with Gasteiger partial charge in [0.25, 0.3) is 0 Å². The van der Waals surface area contributed by atoms with Crippen LogP contribution >= 0.6 is 0 Å². The fourth-order valence-electron chi connectivity index (χ4n) is 2.64. The number of piperidine rings is 2. The fraction of sp³-hybridized carbons (Fsp3) is 0.778. The van der Waals surface area contributed by atoms with E-state index in [1.54, 1.807) is 0 Å². The maximum atomic E-state index is 10.9. The summed E-state index contributed by atoms with van der Waals surface area (Å²) in [6, 6.07) is -0.525. The van der Waals surface area contributed by atoms with Gasteiger partial charge in [-0.15, -0.1) is 0 Å². The van der Waals surface area contributed by atoms with Crippen LogP contribution in [0.3, 0.4) is 0 Å². The van der Waals surface area contributed by atoms with Crippen LogP contribution in [0.1, 0.15) is 19.3 Å². The molecule has 78 valence electrons. The summed E-state index contributed by atoms with van der Waals surface area (Å²) in [5.41, 5.74) is -1.80. The van der Waals surface area contributed by atoms with Crippen LogP contribution in [0.2, 0.25) is 0 Å². The lowest BCUT2D eigenvalue weighted by molar-refractivity contribution is -0.349. The van der Waals surface area contributed by atoms with Crippen LogP contribution in [-0.2, 0) is 9.59 Å². The molecule has 5 nitrogen and oxygen atoms in total. The van der Waals surface area contributed by atoms with Gasteiger partial charge in [0, 0.05) is 6.04 Å². The summed E-state index contributed by atoms with van der Waals surface area (Å²) >= 11 is 0. The molecule has 2 aliphatic heterocycles. The number of carboxylic acid groups (broad SMARTS) is 2. The molecule has 0 aromatic heterocycles. The fourth-order valence-corrected chi connectivity index (χ4v) is 2.64. The predicted molar refractivity (Wildman–Crippen MR) is 41.6 cm³/mol. The first kappa shape index (κ1) is 9.45. The van der Waals surface area contributed by atoms with E-state index >= 15 is 0 Å². The van der Waals surface area contributed by atoms with E-state index in [0.717, 1.165) is 6.42 Å². The van der Waals surface area contributed by atoms with Crippen LogP contribution in [0.15, 0.2) is 0 Å².